The highest BCUT2D eigenvalue weighted by atomic mass is 16.5. The second-order valence-corrected chi connectivity index (χ2v) is 7.24. The Bertz CT molecular complexity index is 795. The van der Waals surface area contributed by atoms with Gasteiger partial charge in [-0.15, -0.1) is 0 Å². The first-order valence-electron chi connectivity index (χ1n) is 9.35. The zero-order valence-electron chi connectivity index (χ0n) is 16.5. The van der Waals surface area contributed by atoms with E-state index in [0.717, 1.165) is 0 Å². The summed E-state index contributed by atoms with van der Waals surface area (Å²) >= 11 is 0. The van der Waals surface area contributed by atoms with Gasteiger partial charge in [0.15, 0.2) is 0 Å². The second-order valence-electron chi connectivity index (χ2n) is 7.24. The van der Waals surface area contributed by atoms with Gasteiger partial charge in [-0.25, -0.2) is 4.98 Å². The van der Waals surface area contributed by atoms with Crippen LogP contribution in [0.3, 0.4) is 0 Å². The molecule has 1 heterocycles. The Morgan fingerprint density at radius 3 is 1.89 bits per heavy atom. The molecular formula is C23H28N2O2. The molecule has 0 fully saturated rings. The minimum atomic E-state index is -0.602. The van der Waals surface area contributed by atoms with Crippen LogP contribution in [0.2, 0.25) is 0 Å². The number of aromatic nitrogens is 2. The standard InChI is InChI=1S/C23H28N2O2/c1-16-7-5-8-17(2)21(16)23(22-18(3)9-6-10-19(22)4)27-14-20(26)13-25-12-11-24-15-25/h5-12,15,20,23,26H,13-14H2,1-4H3. The molecule has 3 aromatic rings. The number of benzene rings is 2. The molecule has 27 heavy (non-hydrogen) atoms. The highest BCUT2D eigenvalue weighted by Gasteiger charge is 2.23. The third-order valence-electron chi connectivity index (χ3n) is 5.04. The third-order valence-corrected chi connectivity index (χ3v) is 5.04. The van der Waals surface area contributed by atoms with Gasteiger partial charge in [0.1, 0.15) is 6.10 Å². The van der Waals surface area contributed by atoms with Gasteiger partial charge in [0, 0.05) is 12.4 Å². The third kappa shape index (κ3) is 4.46. The average Bonchev–Trinajstić information content (AvgIpc) is 3.11. The number of hydrogen-bond donors (Lipinski definition) is 1. The van der Waals surface area contributed by atoms with Crippen molar-refractivity contribution in [3.63, 3.8) is 0 Å². The molecule has 1 N–H and O–H groups in total. The van der Waals surface area contributed by atoms with Crippen LogP contribution in [-0.4, -0.2) is 27.4 Å². The molecule has 0 radical (unpaired) electrons. The zero-order chi connectivity index (χ0) is 19.4. The zero-order valence-corrected chi connectivity index (χ0v) is 16.5. The molecule has 2 aromatic carbocycles. The molecule has 4 nitrogen and oxygen atoms in total. The summed E-state index contributed by atoms with van der Waals surface area (Å²) in [6.07, 6.45) is 4.46. The maximum Gasteiger partial charge on any atom is 0.109 e. The lowest BCUT2D eigenvalue weighted by Gasteiger charge is -2.27. The molecule has 0 bridgehead atoms. The Labute approximate surface area is 161 Å². The first-order valence-corrected chi connectivity index (χ1v) is 9.35. The summed E-state index contributed by atoms with van der Waals surface area (Å²) in [5.41, 5.74) is 7.17. The Morgan fingerprint density at radius 2 is 1.44 bits per heavy atom. The molecule has 0 aliphatic heterocycles. The number of aliphatic hydroxyl groups is 1. The Kier molecular flexibility index (Phi) is 6.09. The Hall–Kier alpha value is -2.43. The highest BCUT2D eigenvalue weighted by Crippen LogP contribution is 2.35. The number of aliphatic hydroxyl groups excluding tert-OH is 1. The van der Waals surface area contributed by atoms with Crippen molar-refractivity contribution in [2.75, 3.05) is 6.61 Å². The van der Waals surface area contributed by atoms with Crippen LogP contribution in [0.1, 0.15) is 39.5 Å². The Morgan fingerprint density at radius 1 is 0.926 bits per heavy atom. The van der Waals surface area contributed by atoms with Crippen molar-refractivity contribution in [2.24, 2.45) is 0 Å². The predicted molar refractivity (Wildman–Crippen MR) is 108 cm³/mol. The number of rotatable bonds is 7. The van der Waals surface area contributed by atoms with E-state index < -0.39 is 6.10 Å². The van der Waals surface area contributed by atoms with Gasteiger partial charge in [-0.05, 0) is 61.1 Å². The molecule has 3 rings (SSSR count). The van der Waals surface area contributed by atoms with E-state index in [1.807, 2.05) is 10.8 Å². The van der Waals surface area contributed by atoms with Crippen LogP contribution in [0.15, 0.2) is 55.1 Å². The van der Waals surface area contributed by atoms with Crippen molar-refractivity contribution in [1.82, 2.24) is 9.55 Å². The maximum absolute atomic E-state index is 10.5. The number of imidazole rings is 1. The summed E-state index contributed by atoms with van der Waals surface area (Å²) in [7, 11) is 0. The van der Waals surface area contributed by atoms with Gasteiger partial charge in [-0.3, -0.25) is 0 Å². The molecule has 0 aliphatic carbocycles. The molecule has 142 valence electrons. The molecule has 1 atom stereocenters. The molecule has 0 aliphatic rings. The van der Waals surface area contributed by atoms with E-state index in [1.54, 1.807) is 12.5 Å². The predicted octanol–water partition coefficient (Wildman–Crippen LogP) is 4.28. The molecule has 0 amide bonds. The van der Waals surface area contributed by atoms with Crippen molar-refractivity contribution in [1.29, 1.82) is 0 Å². The van der Waals surface area contributed by atoms with Crippen LogP contribution in [0.25, 0.3) is 0 Å². The second kappa shape index (κ2) is 8.51. The van der Waals surface area contributed by atoms with Gasteiger partial charge in [-0.1, -0.05) is 36.4 Å². The monoisotopic (exact) mass is 364 g/mol. The first kappa shape index (κ1) is 19.3. The maximum atomic E-state index is 10.5. The summed E-state index contributed by atoms with van der Waals surface area (Å²) in [5.74, 6) is 0. The van der Waals surface area contributed by atoms with E-state index >= 15 is 0 Å². The minimum Gasteiger partial charge on any atom is -0.389 e. The van der Waals surface area contributed by atoms with E-state index in [-0.39, 0.29) is 12.7 Å². The van der Waals surface area contributed by atoms with Crippen molar-refractivity contribution in [3.05, 3.63) is 88.5 Å². The van der Waals surface area contributed by atoms with E-state index in [9.17, 15) is 5.11 Å². The van der Waals surface area contributed by atoms with Gasteiger partial charge in [-0.2, -0.15) is 0 Å². The molecule has 1 aromatic heterocycles. The molecule has 1 unspecified atom stereocenters. The topological polar surface area (TPSA) is 47.3 Å². The fraction of sp³-hybridized carbons (Fsp3) is 0.348. The van der Waals surface area contributed by atoms with Crippen LogP contribution < -0.4 is 0 Å². The lowest BCUT2D eigenvalue weighted by Crippen LogP contribution is -2.24. The first-order chi connectivity index (χ1) is 13.0. The van der Waals surface area contributed by atoms with E-state index in [0.29, 0.717) is 6.54 Å². The summed E-state index contributed by atoms with van der Waals surface area (Å²) in [6.45, 7) is 9.20. The van der Waals surface area contributed by atoms with E-state index in [2.05, 4.69) is 69.1 Å². The van der Waals surface area contributed by atoms with Crippen LogP contribution in [0.5, 0.6) is 0 Å². The molecule has 4 heteroatoms. The van der Waals surface area contributed by atoms with Gasteiger partial charge >= 0.3 is 0 Å². The number of aryl methyl sites for hydroxylation is 4. The minimum absolute atomic E-state index is 0.204. The van der Waals surface area contributed by atoms with Crippen molar-refractivity contribution >= 4 is 0 Å². The average molecular weight is 364 g/mol. The molecule has 0 spiro atoms. The van der Waals surface area contributed by atoms with Gasteiger partial charge < -0.3 is 14.4 Å². The fourth-order valence-electron chi connectivity index (χ4n) is 3.69. The quantitative estimate of drug-likeness (QED) is 0.680. The number of ether oxygens (including phenoxy) is 1. The lowest BCUT2D eigenvalue weighted by molar-refractivity contribution is -0.00139. The SMILES string of the molecule is Cc1cccc(C)c1C(OCC(O)Cn1ccnc1)c1c(C)cccc1C. The summed E-state index contributed by atoms with van der Waals surface area (Å²) in [5, 5.41) is 10.5. The van der Waals surface area contributed by atoms with Crippen molar-refractivity contribution in [2.45, 2.75) is 46.4 Å². The smallest absolute Gasteiger partial charge is 0.109 e. The van der Waals surface area contributed by atoms with Gasteiger partial charge in [0.05, 0.1) is 25.6 Å². The fourth-order valence-corrected chi connectivity index (χ4v) is 3.69. The molecule has 0 saturated heterocycles. The lowest BCUT2D eigenvalue weighted by atomic mass is 9.88. The Balaban J connectivity index is 1.91. The van der Waals surface area contributed by atoms with Crippen LogP contribution in [-0.2, 0) is 11.3 Å². The summed E-state index contributed by atoms with van der Waals surface area (Å²) < 4.78 is 8.23. The van der Waals surface area contributed by atoms with Crippen LogP contribution in [0, 0.1) is 27.7 Å². The molecule has 0 saturated carbocycles. The van der Waals surface area contributed by atoms with Crippen molar-refractivity contribution in [3.8, 4) is 0 Å². The summed E-state index contributed by atoms with van der Waals surface area (Å²) in [6, 6.07) is 12.6. The molecular weight excluding hydrogens is 336 g/mol. The largest absolute Gasteiger partial charge is 0.389 e. The van der Waals surface area contributed by atoms with E-state index in [4.69, 9.17) is 4.74 Å². The normalized spacial score (nSPS) is 12.5. The van der Waals surface area contributed by atoms with Crippen LogP contribution in [0.4, 0.5) is 0 Å². The summed E-state index contributed by atoms with van der Waals surface area (Å²) in [4.78, 5) is 4.02. The number of hydrogen-bond acceptors (Lipinski definition) is 3. The number of nitrogens with zero attached hydrogens (tertiary/aromatic N) is 2. The van der Waals surface area contributed by atoms with Crippen LogP contribution >= 0.6 is 0 Å². The van der Waals surface area contributed by atoms with Gasteiger partial charge in [0.25, 0.3) is 0 Å². The van der Waals surface area contributed by atoms with Crippen molar-refractivity contribution < 1.29 is 9.84 Å². The van der Waals surface area contributed by atoms with Gasteiger partial charge in [0.2, 0.25) is 0 Å². The van der Waals surface area contributed by atoms with E-state index in [1.165, 1.54) is 33.4 Å². The highest BCUT2D eigenvalue weighted by molar-refractivity contribution is 5.46.